The van der Waals surface area contributed by atoms with Crippen molar-refractivity contribution in [2.45, 2.75) is 6.42 Å². The maximum absolute atomic E-state index is 7.34. The quantitative estimate of drug-likeness (QED) is 0.548. The van der Waals surface area contributed by atoms with Crippen LogP contribution in [0.25, 0.3) is 0 Å². The summed E-state index contributed by atoms with van der Waals surface area (Å²) < 4.78 is 0. The van der Waals surface area contributed by atoms with Crippen molar-refractivity contribution in [3.05, 3.63) is 24.4 Å². The van der Waals surface area contributed by atoms with E-state index in [1.807, 2.05) is 24.4 Å². The molecular formula is C8H9N3. The van der Waals surface area contributed by atoms with Gasteiger partial charge in [-0.25, -0.2) is 4.99 Å². The van der Waals surface area contributed by atoms with Crippen LogP contribution in [0.1, 0.15) is 6.42 Å². The second-order valence-corrected chi connectivity index (χ2v) is 2.56. The maximum atomic E-state index is 7.34. The average Bonchev–Trinajstić information content (AvgIpc) is 2.04. The number of nitrogens with one attached hydrogen (secondary N) is 1. The third kappa shape index (κ3) is 1.09. The molecule has 0 aromatic heterocycles. The lowest BCUT2D eigenvalue weighted by Crippen LogP contribution is -2.32. The van der Waals surface area contributed by atoms with Crippen LogP contribution in [-0.4, -0.2) is 23.1 Å². The number of allylic oxidation sites excluding steroid dienone is 2. The van der Waals surface area contributed by atoms with Gasteiger partial charge in [0.05, 0.1) is 0 Å². The van der Waals surface area contributed by atoms with Crippen molar-refractivity contribution < 1.29 is 0 Å². The monoisotopic (exact) mass is 147 g/mol. The molecule has 2 aliphatic heterocycles. The zero-order valence-corrected chi connectivity index (χ0v) is 6.12. The predicted molar refractivity (Wildman–Crippen MR) is 44.8 cm³/mol. The van der Waals surface area contributed by atoms with Gasteiger partial charge >= 0.3 is 0 Å². The smallest absolute Gasteiger partial charge is 0.134 e. The van der Waals surface area contributed by atoms with Crippen LogP contribution >= 0.6 is 0 Å². The van der Waals surface area contributed by atoms with Crippen molar-refractivity contribution >= 4 is 11.7 Å². The van der Waals surface area contributed by atoms with Gasteiger partial charge in [0.25, 0.3) is 0 Å². The van der Waals surface area contributed by atoms with E-state index in [4.69, 9.17) is 5.41 Å². The molecule has 2 rings (SSSR count). The predicted octanol–water partition coefficient (Wildman–Crippen LogP) is 1.15. The van der Waals surface area contributed by atoms with E-state index in [1.54, 1.807) is 0 Å². The Morgan fingerprint density at radius 2 is 2.36 bits per heavy atom. The zero-order chi connectivity index (χ0) is 7.68. The molecule has 0 spiro atoms. The molecule has 0 amide bonds. The maximum Gasteiger partial charge on any atom is 0.134 e. The molecule has 0 fully saturated rings. The summed E-state index contributed by atoms with van der Waals surface area (Å²) in [6.45, 7) is 0.887. The van der Waals surface area contributed by atoms with E-state index in [9.17, 15) is 0 Å². The molecule has 11 heavy (non-hydrogen) atoms. The Morgan fingerprint density at radius 3 is 3.27 bits per heavy atom. The third-order valence-electron chi connectivity index (χ3n) is 1.76. The van der Waals surface area contributed by atoms with Crippen LogP contribution in [0.15, 0.2) is 29.4 Å². The Kier molecular flexibility index (Phi) is 1.35. The molecular weight excluding hydrogens is 138 g/mol. The van der Waals surface area contributed by atoms with Crippen molar-refractivity contribution in [2.24, 2.45) is 4.99 Å². The van der Waals surface area contributed by atoms with Crippen LogP contribution in [0.2, 0.25) is 0 Å². The van der Waals surface area contributed by atoms with E-state index in [2.05, 4.69) is 9.89 Å². The molecule has 1 N–H and O–H groups in total. The van der Waals surface area contributed by atoms with Crippen LogP contribution in [0, 0.1) is 5.41 Å². The molecule has 0 saturated carbocycles. The summed E-state index contributed by atoms with van der Waals surface area (Å²) in [6.07, 6.45) is 8.59. The molecule has 0 aliphatic carbocycles. The van der Waals surface area contributed by atoms with Crippen molar-refractivity contribution in [3.63, 3.8) is 0 Å². The lowest BCUT2D eigenvalue weighted by molar-refractivity contribution is 0.558. The lowest BCUT2D eigenvalue weighted by Gasteiger charge is -2.25. The summed E-state index contributed by atoms with van der Waals surface area (Å²) in [5.74, 6) is 1.37. The van der Waals surface area contributed by atoms with Gasteiger partial charge in [-0.05, 0) is 12.2 Å². The van der Waals surface area contributed by atoms with E-state index in [0.29, 0.717) is 5.84 Å². The fourth-order valence-corrected chi connectivity index (χ4v) is 1.18. The highest BCUT2D eigenvalue weighted by atomic mass is 15.2. The summed E-state index contributed by atoms with van der Waals surface area (Å²) in [5, 5.41) is 7.34. The highest BCUT2D eigenvalue weighted by Gasteiger charge is 2.14. The topological polar surface area (TPSA) is 39.5 Å². The molecule has 2 heterocycles. The van der Waals surface area contributed by atoms with Crippen molar-refractivity contribution in [3.8, 4) is 0 Å². The van der Waals surface area contributed by atoms with Crippen molar-refractivity contribution in [1.29, 1.82) is 5.41 Å². The first kappa shape index (κ1) is 6.34. The van der Waals surface area contributed by atoms with E-state index in [0.717, 1.165) is 18.8 Å². The van der Waals surface area contributed by atoms with Crippen LogP contribution in [-0.2, 0) is 0 Å². The minimum absolute atomic E-state index is 0.483. The normalized spacial score (nSPS) is 21.6. The first-order chi connectivity index (χ1) is 5.36. The Bertz CT molecular complexity index is 273. The average molecular weight is 147 g/mol. The molecule has 0 saturated heterocycles. The molecule has 0 aromatic rings. The zero-order valence-electron chi connectivity index (χ0n) is 6.12. The number of rotatable bonds is 0. The van der Waals surface area contributed by atoms with Gasteiger partial charge in [0.1, 0.15) is 11.7 Å². The van der Waals surface area contributed by atoms with E-state index >= 15 is 0 Å². The summed E-state index contributed by atoms with van der Waals surface area (Å²) in [7, 11) is 0. The number of nitrogens with zero attached hydrogens (tertiary/aromatic N) is 2. The fourth-order valence-electron chi connectivity index (χ4n) is 1.18. The van der Waals surface area contributed by atoms with Crippen LogP contribution in [0.5, 0.6) is 0 Å². The van der Waals surface area contributed by atoms with Crippen molar-refractivity contribution in [1.82, 2.24) is 4.90 Å². The first-order valence-corrected chi connectivity index (χ1v) is 3.64. The second kappa shape index (κ2) is 2.34. The van der Waals surface area contributed by atoms with E-state index in [-0.39, 0.29) is 0 Å². The number of aliphatic imine (C=N–C) groups is 1. The molecule has 3 nitrogen and oxygen atoms in total. The Hall–Kier alpha value is -1.38. The number of amidine groups is 2. The van der Waals surface area contributed by atoms with Gasteiger partial charge in [0.15, 0.2) is 0 Å². The Labute approximate surface area is 65.2 Å². The van der Waals surface area contributed by atoms with Gasteiger partial charge in [-0.1, -0.05) is 6.08 Å². The van der Waals surface area contributed by atoms with Gasteiger partial charge in [-0.2, -0.15) is 0 Å². The number of fused-ring (bicyclic) bond motifs is 1. The minimum Gasteiger partial charge on any atom is -0.333 e. The summed E-state index contributed by atoms with van der Waals surface area (Å²) >= 11 is 0. The van der Waals surface area contributed by atoms with E-state index < -0.39 is 0 Å². The lowest BCUT2D eigenvalue weighted by atomic mass is 10.2. The molecule has 0 radical (unpaired) electrons. The molecule has 0 unspecified atom stereocenters. The van der Waals surface area contributed by atoms with Crippen LogP contribution in [0.3, 0.4) is 0 Å². The molecule has 3 heteroatoms. The van der Waals surface area contributed by atoms with Gasteiger partial charge in [0, 0.05) is 19.2 Å². The molecule has 0 bridgehead atoms. The summed E-state index contributed by atoms with van der Waals surface area (Å²) in [4.78, 5) is 6.15. The van der Waals surface area contributed by atoms with Gasteiger partial charge in [-0.3, -0.25) is 5.41 Å². The van der Waals surface area contributed by atoms with Crippen LogP contribution in [0.4, 0.5) is 0 Å². The van der Waals surface area contributed by atoms with Gasteiger partial charge in [-0.15, -0.1) is 0 Å². The molecule has 0 aromatic carbocycles. The van der Waals surface area contributed by atoms with Crippen LogP contribution < -0.4 is 0 Å². The van der Waals surface area contributed by atoms with E-state index in [1.165, 1.54) is 0 Å². The second-order valence-electron chi connectivity index (χ2n) is 2.56. The minimum atomic E-state index is 0.483. The summed E-state index contributed by atoms with van der Waals surface area (Å²) in [6, 6.07) is 0. The summed E-state index contributed by atoms with van der Waals surface area (Å²) in [5.41, 5.74) is 0. The highest BCUT2D eigenvalue weighted by Crippen LogP contribution is 2.09. The van der Waals surface area contributed by atoms with Gasteiger partial charge < -0.3 is 4.90 Å². The third-order valence-corrected chi connectivity index (χ3v) is 1.76. The standard InChI is InChI=1S/C8H9N3/c9-7-4-6-11-5-2-1-3-8(11)10-7/h1-3,5,9H,4,6H2. The van der Waals surface area contributed by atoms with Gasteiger partial charge in [0.2, 0.25) is 0 Å². The Morgan fingerprint density at radius 1 is 1.45 bits per heavy atom. The fraction of sp³-hybridized carbons (Fsp3) is 0.250. The molecule has 2 aliphatic rings. The molecule has 56 valence electrons. The Balaban J connectivity index is 2.33. The number of hydrogen-bond donors (Lipinski definition) is 1. The van der Waals surface area contributed by atoms with Crippen molar-refractivity contribution in [2.75, 3.05) is 6.54 Å². The number of hydrogen-bond acceptors (Lipinski definition) is 2. The first-order valence-electron chi connectivity index (χ1n) is 3.64. The molecule has 0 atom stereocenters. The largest absolute Gasteiger partial charge is 0.333 e. The SMILES string of the molecule is N=C1CCN2C=CC=CC2=N1. The highest BCUT2D eigenvalue weighted by molar-refractivity contribution is 6.04.